The third-order valence-electron chi connectivity index (χ3n) is 2.97. The summed E-state index contributed by atoms with van der Waals surface area (Å²) in [6, 6.07) is 12.0. The van der Waals surface area contributed by atoms with Crippen LogP contribution < -0.4 is 10.6 Å². The Morgan fingerprint density at radius 1 is 1.10 bits per heavy atom. The number of benzene rings is 1. The van der Waals surface area contributed by atoms with Crippen molar-refractivity contribution in [1.82, 2.24) is 14.9 Å². The summed E-state index contributed by atoms with van der Waals surface area (Å²) in [4.78, 5) is 11.1. The molecule has 0 aliphatic heterocycles. The van der Waals surface area contributed by atoms with E-state index >= 15 is 0 Å². The van der Waals surface area contributed by atoms with Crippen molar-refractivity contribution < 1.29 is 0 Å². The van der Waals surface area contributed by atoms with Crippen molar-refractivity contribution in [2.75, 3.05) is 37.8 Å². The number of hydrogen-bond acceptors (Lipinski definition) is 5. The zero-order chi connectivity index (χ0) is 15.1. The average molecular weight is 285 g/mol. The van der Waals surface area contributed by atoms with Crippen molar-refractivity contribution in [1.29, 1.82) is 0 Å². The van der Waals surface area contributed by atoms with Gasteiger partial charge in [-0.15, -0.1) is 0 Å². The van der Waals surface area contributed by atoms with Gasteiger partial charge in [-0.25, -0.2) is 4.98 Å². The van der Waals surface area contributed by atoms with E-state index in [0.717, 1.165) is 36.7 Å². The van der Waals surface area contributed by atoms with E-state index in [9.17, 15) is 0 Å². The van der Waals surface area contributed by atoms with Crippen LogP contribution in [0.5, 0.6) is 0 Å². The van der Waals surface area contributed by atoms with Gasteiger partial charge in [0.2, 0.25) is 5.95 Å². The second-order valence-corrected chi connectivity index (χ2v) is 5.29. The van der Waals surface area contributed by atoms with Gasteiger partial charge in [0.05, 0.1) is 0 Å². The average Bonchev–Trinajstić information content (AvgIpc) is 2.44. The molecular formula is C16H23N5. The molecule has 0 saturated carbocycles. The number of nitrogens with zero attached hydrogens (tertiary/aromatic N) is 3. The van der Waals surface area contributed by atoms with Crippen LogP contribution in [0, 0.1) is 6.92 Å². The number of aromatic nitrogens is 2. The van der Waals surface area contributed by atoms with Crippen molar-refractivity contribution in [3.63, 3.8) is 0 Å². The molecule has 2 N–H and O–H groups in total. The van der Waals surface area contributed by atoms with Crippen LogP contribution in [-0.4, -0.2) is 42.1 Å². The Labute approximate surface area is 126 Å². The van der Waals surface area contributed by atoms with Crippen LogP contribution >= 0.6 is 0 Å². The Morgan fingerprint density at radius 3 is 2.57 bits per heavy atom. The van der Waals surface area contributed by atoms with E-state index in [1.165, 1.54) is 0 Å². The Balaban J connectivity index is 1.97. The van der Waals surface area contributed by atoms with Crippen molar-refractivity contribution >= 4 is 17.5 Å². The molecule has 5 nitrogen and oxygen atoms in total. The monoisotopic (exact) mass is 285 g/mol. The first kappa shape index (κ1) is 15.3. The molecule has 5 heteroatoms. The van der Waals surface area contributed by atoms with E-state index in [-0.39, 0.29) is 0 Å². The van der Waals surface area contributed by atoms with E-state index in [1.807, 2.05) is 43.3 Å². The SMILES string of the molecule is Cc1cc(Nc2ccccc2)nc(NCCCN(C)C)n1. The van der Waals surface area contributed by atoms with Gasteiger partial charge in [-0.3, -0.25) is 0 Å². The van der Waals surface area contributed by atoms with Gasteiger partial charge in [-0.1, -0.05) is 18.2 Å². The third-order valence-corrected chi connectivity index (χ3v) is 2.97. The first-order chi connectivity index (χ1) is 10.1. The smallest absolute Gasteiger partial charge is 0.224 e. The highest BCUT2D eigenvalue weighted by molar-refractivity contribution is 5.57. The van der Waals surface area contributed by atoms with Crippen LogP contribution in [0.1, 0.15) is 12.1 Å². The molecule has 0 fully saturated rings. The van der Waals surface area contributed by atoms with Crippen molar-refractivity contribution in [2.24, 2.45) is 0 Å². The molecule has 1 heterocycles. The first-order valence-corrected chi connectivity index (χ1v) is 7.20. The number of para-hydroxylation sites is 1. The minimum atomic E-state index is 0.673. The van der Waals surface area contributed by atoms with E-state index < -0.39 is 0 Å². The second-order valence-electron chi connectivity index (χ2n) is 5.29. The van der Waals surface area contributed by atoms with Crippen molar-refractivity contribution in [3.05, 3.63) is 42.1 Å². The lowest BCUT2D eigenvalue weighted by atomic mass is 10.3. The lowest BCUT2D eigenvalue weighted by Gasteiger charge is -2.11. The fourth-order valence-corrected chi connectivity index (χ4v) is 1.98. The van der Waals surface area contributed by atoms with Crippen LogP contribution in [-0.2, 0) is 0 Å². The maximum absolute atomic E-state index is 4.50. The second kappa shape index (κ2) is 7.59. The van der Waals surface area contributed by atoms with Gasteiger partial charge in [0, 0.05) is 24.0 Å². The highest BCUT2D eigenvalue weighted by Crippen LogP contribution is 2.16. The summed E-state index contributed by atoms with van der Waals surface area (Å²) in [5, 5.41) is 6.57. The van der Waals surface area contributed by atoms with E-state index in [1.54, 1.807) is 0 Å². The lowest BCUT2D eigenvalue weighted by molar-refractivity contribution is 0.405. The van der Waals surface area contributed by atoms with Gasteiger partial charge >= 0.3 is 0 Å². The summed E-state index contributed by atoms with van der Waals surface area (Å²) in [5.74, 6) is 1.48. The number of aryl methyl sites for hydroxylation is 1. The largest absolute Gasteiger partial charge is 0.354 e. The van der Waals surface area contributed by atoms with Crippen LogP contribution in [0.4, 0.5) is 17.5 Å². The molecule has 0 unspecified atom stereocenters. The standard InChI is InChI=1S/C16H23N5/c1-13-12-15(19-14-8-5-4-6-9-14)20-16(18-13)17-10-7-11-21(2)3/h4-6,8-9,12H,7,10-11H2,1-3H3,(H2,17,18,19,20). The fraction of sp³-hybridized carbons (Fsp3) is 0.375. The van der Waals surface area contributed by atoms with Gasteiger partial charge in [0.25, 0.3) is 0 Å². The molecule has 1 aromatic heterocycles. The summed E-state index contributed by atoms with van der Waals surface area (Å²) in [7, 11) is 4.15. The molecule has 2 aromatic rings. The first-order valence-electron chi connectivity index (χ1n) is 7.20. The predicted octanol–water partition coefficient (Wildman–Crippen LogP) is 2.89. The zero-order valence-corrected chi connectivity index (χ0v) is 12.9. The highest BCUT2D eigenvalue weighted by Gasteiger charge is 2.02. The normalized spacial score (nSPS) is 10.7. The minimum absolute atomic E-state index is 0.673. The maximum atomic E-state index is 4.50. The van der Waals surface area contributed by atoms with Crippen LogP contribution in [0.2, 0.25) is 0 Å². The molecule has 0 saturated heterocycles. The Bertz CT molecular complexity index is 554. The molecule has 0 bridgehead atoms. The Hall–Kier alpha value is -2.14. The molecule has 0 aliphatic rings. The predicted molar refractivity (Wildman–Crippen MR) is 88.2 cm³/mol. The highest BCUT2D eigenvalue weighted by atomic mass is 15.1. The topological polar surface area (TPSA) is 53.1 Å². The molecule has 2 rings (SSSR count). The van der Waals surface area contributed by atoms with Crippen molar-refractivity contribution in [3.8, 4) is 0 Å². The summed E-state index contributed by atoms with van der Waals surface area (Å²) < 4.78 is 0. The molecular weight excluding hydrogens is 262 g/mol. The van der Waals surface area contributed by atoms with Gasteiger partial charge in [-0.05, 0) is 46.1 Å². The van der Waals surface area contributed by atoms with Crippen LogP contribution in [0.25, 0.3) is 0 Å². The van der Waals surface area contributed by atoms with Gasteiger partial charge < -0.3 is 15.5 Å². The van der Waals surface area contributed by atoms with Gasteiger partial charge in [-0.2, -0.15) is 4.98 Å². The lowest BCUT2D eigenvalue weighted by Crippen LogP contribution is -2.17. The van der Waals surface area contributed by atoms with Gasteiger partial charge in [0.15, 0.2) is 0 Å². The van der Waals surface area contributed by atoms with Crippen LogP contribution in [0.15, 0.2) is 36.4 Å². The number of nitrogens with one attached hydrogen (secondary N) is 2. The molecule has 112 valence electrons. The van der Waals surface area contributed by atoms with Gasteiger partial charge in [0.1, 0.15) is 5.82 Å². The Kier molecular flexibility index (Phi) is 5.51. The van der Waals surface area contributed by atoms with Crippen molar-refractivity contribution in [2.45, 2.75) is 13.3 Å². The van der Waals surface area contributed by atoms with Crippen LogP contribution in [0.3, 0.4) is 0 Å². The summed E-state index contributed by atoms with van der Waals surface area (Å²) >= 11 is 0. The fourth-order valence-electron chi connectivity index (χ4n) is 1.98. The third kappa shape index (κ3) is 5.39. The molecule has 0 radical (unpaired) electrons. The number of hydrogen-bond donors (Lipinski definition) is 2. The number of rotatable bonds is 7. The van der Waals surface area contributed by atoms with E-state index in [2.05, 4.69) is 39.6 Å². The van der Waals surface area contributed by atoms with E-state index in [4.69, 9.17) is 0 Å². The Morgan fingerprint density at radius 2 is 1.86 bits per heavy atom. The zero-order valence-electron chi connectivity index (χ0n) is 12.9. The molecule has 0 atom stereocenters. The molecule has 1 aromatic carbocycles. The van der Waals surface area contributed by atoms with E-state index in [0.29, 0.717) is 5.95 Å². The molecule has 0 aliphatic carbocycles. The summed E-state index contributed by atoms with van der Waals surface area (Å²) in [6.45, 7) is 3.89. The number of anilines is 3. The summed E-state index contributed by atoms with van der Waals surface area (Å²) in [5.41, 5.74) is 1.97. The maximum Gasteiger partial charge on any atom is 0.224 e. The molecule has 0 amide bonds. The summed E-state index contributed by atoms with van der Waals surface area (Å²) in [6.07, 6.45) is 1.06. The molecule has 21 heavy (non-hydrogen) atoms. The minimum Gasteiger partial charge on any atom is -0.354 e. The molecule has 0 spiro atoms. The quantitative estimate of drug-likeness (QED) is 0.766.